The molecule has 0 aliphatic carbocycles. The molecule has 2 heterocycles. The van der Waals surface area contributed by atoms with Gasteiger partial charge in [-0.25, -0.2) is 0 Å². The standard InChI is InChI=1S/C18H25BN2O2/c1-17(2)18(3,4)23-19(22-17)14-7-9-16(10-8-14)21-13-5-6-15(21)11-12-20/h7-10,15H,5-6,11,13H2,1-4H3. The molecule has 2 fully saturated rings. The molecule has 2 aliphatic rings. The van der Waals surface area contributed by atoms with E-state index in [1.807, 2.05) is 0 Å². The average Bonchev–Trinajstić information content (AvgIpc) is 3.02. The zero-order chi connectivity index (χ0) is 16.7. The van der Waals surface area contributed by atoms with Gasteiger partial charge in [-0.05, 0) is 58.1 Å². The van der Waals surface area contributed by atoms with Gasteiger partial charge in [-0.3, -0.25) is 0 Å². The lowest BCUT2D eigenvalue weighted by Crippen LogP contribution is -2.41. The molecule has 0 amide bonds. The molecule has 122 valence electrons. The van der Waals surface area contributed by atoms with Gasteiger partial charge in [0.05, 0.1) is 23.7 Å². The Kier molecular flexibility index (Phi) is 4.16. The number of nitrogens with zero attached hydrogens (tertiary/aromatic N) is 2. The number of nitriles is 1. The van der Waals surface area contributed by atoms with Crippen LogP contribution in [0.2, 0.25) is 0 Å². The van der Waals surface area contributed by atoms with E-state index >= 15 is 0 Å². The summed E-state index contributed by atoms with van der Waals surface area (Å²) in [7, 11) is -0.317. The summed E-state index contributed by atoms with van der Waals surface area (Å²) in [5.74, 6) is 0. The molecule has 0 N–H and O–H groups in total. The fourth-order valence-corrected chi connectivity index (χ4v) is 3.30. The van der Waals surface area contributed by atoms with E-state index in [0.29, 0.717) is 12.5 Å². The van der Waals surface area contributed by atoms with Crippen molar-refractivity contribution < 1.29 is 9.31 Å². The van der Waals surface area contributed by atoms with Gasteiger partial charge in [0.1, 0.15) is 0 Å². The zero-order valence-corrected chi connectivity index (χ0v) is 14.5. The quantitative estimate of drug-likeness (QED) is 0.805. The van der Waals surface area contributed by atoms with Crippen LogP contribution in [-0.2, 0) is 9.31 Å². The summed E-state index contributed by atoms with van der Waals surface area (Å²) in [4.78, 5) is 2.34. The fraction of sp³-hybridized carbons (Fsp3) is 0.611. The maximum absolute atomic E-state index is 8.97. The van der Waals surface area contributed by atoms with Crippen molar-refractivity contribution in [2.75, 3.05) is 11.4 Å². The highest BCUT2D eigenvalue weighted by Crippen LogP contribution is 2.36. The SMILES string of the molecule is CC1(C)OB(c2ccc(N3CCCC3CC#N)cc2)OC1(C)C. The smallest absolute Gasteiger partial charge is 0.399 e. The van der Waals surface area contributed by atoms with Gasteiger partial charge in [-0.2, -0.15) is 5.26 Å². The Morgan fingerprint density at radius 1 is 1.17 bits per heavy atom. The van der Waals surface area contributed by atoms with Crippen molar-refractivity contribution in [2.24, 2.45) is 0 Å². The molecule has 0 aromatic heterocycles. The summed E-state index contributed by atoms with van der Waals surface area (Å²) in [5, 5.41) is 8.97. The van der Waals surface area contributed by atoms with Crippen molar-refractivity contribution in [3.8, 4) is 6.07 Å². The van der Waals surface area contributed by atoms with Crippen molar-refractivity contribution >= 4 is 18.3 Å². The summed E-state index contributed by atoms with van der Waals surface area (Å²) < 4.78 is 12.2. The van der Waals surface area contributed by atoms with Crippen LogP contribution in [-0.4, -0.2) is 30.9 Å². The molecule has 5 heteroatoms. The monoisotopic (exact) mass is 312 g/mol. The molecule has 3 rings (SSSR count). The molecular formula is C18H25BN2O2. The van der Waals surface area contributed by atoms with E-state index in [1.165, 1.54) is 5.69 Å². The minimum atomic E-state index is -0.317. The molecule has 4 nitrogen and oxygen atoms in total. The molecule has 1 aromatic carbocycles. The van der Waals surface area contributed by atoms with Crippen LogP contribution in [0.3, 0.4) is 0 Å². The van der Waals surface area contributed by atoms with Crippen LogP contribution in [0, 0.1) is 11.3 Å². The lowest BCUT2D eigenvalue weighted by Gasteiger charge is -2.32. The summed E-state index contributed by atoms with van der Waals surface area (Å²) in [6.45, 7) is 9.30. The topological polar surface area (TPSA) is 45.5 Å². The van der Waals surface area contributed by atoms with Crippen LogP contribution in [0.25, 0.3) is 0 Å². The second kappa shape index (κ2) is 5.85. The van der Waals surface area contributed by atoms with Gasteiger partial charge in [0.15, 0.2) is 0 Å². The molecule has 1 aromatic rings. The van der Waals surface area contributed by atoms with Crippen LogP contribution in [0.1, 0.15) is 47.0 Å². The van der Waals surface area contributed by atoms with Crippen molar-refractivity contribution in [1.29, 1.82) is 5.26 Å². The Morgan fingerprint density at radius 2 is 1.78 bits per heavy atom. The Bertz CT molecular complexity index is 590. The maximum Gasteiger partial charge on any atom is 0.494 e. The van der Waals surface area contributed by atoms with E-state index < -0.39 is 0 Å². The molecule has 2 aliphatic heterocycles. The van der Waals surface area contributed by atoms with Crippen LogP contribution in [0.5, 0.6) is 0 Å². The summed E-state index contributed by atoms with van der Waals surface area (Å²) in [6.07, 6.45) is 2.86. The molecule has 0 bridgehead atoms. The Balaban J connectivity index is 1.75. The van der Waals surface area contributed by atoms with Crippen LogP contribution >= 0.6 is 0 Å². The zero-order valence-electron chi connectivity index (χ0n) is 14.5. The molecule has 0 saturated carbocycles. The molecular weight excluding hydrogens is 287 g/mol. The van der Waals surface area contributed by atoms with Gasteiger partial charge < -0.3 is 14.2 Å². The predicted octanol–water partition coefficient (Wildman–Crippen LogP) is 2.87. The minimum Gasteiger partial charge on any atom is -0.399 e. The van der Waals surface area contributed by atoms with E-state index in [0.717, 1.165) is 24.8 Å². The highest BCUT2D eigenvalue weighted by atomic mass is 16.7. The average molecular weight is 312 g/mol. The molecule has 0 radical (unpaired) electrons. The Morgan fingerprint density at radius 3 is 2.35 bits per heavy atom. The number of benzene rings is 1. The van der Waals surface area contributed by atoms with E-state index in [9.17, 15) is 0 Å². The predicted molar refractivity (Wildman–Crippen MR) is 92.8 cm³/mol. The van der Waals surface area contributed by atoms with Crippen molar-refractivity contribution in [3.63, 3.8) is 0 Å². The van der Waals surface area contributed by atoms with Gasteiger partial charge in [0, 0.05) is 18.3 Å². The molecule has 0 spiro atoms. The summed E-state index contributed by atoms with van der Waals surface area (Å²) in [5.41, 5.74) is 1.60. The van der Waals surface area contributed by atoms with Crippen molar-refractivity contribution in [1.82, 2.24) is 0 Å². The Labute approximate surface area is 139 Å². The first-order valence-electron chi connectivity index (χ1n) is 8.43. The van der Waals surface area contributed by atoms with E-state index in [-0.39, 0.29) is 18.3 Å². The number of anilines is 1. The maximum atomic E-state index is 8.97. The third-order valence-electron chi connectivity index (χ3n) is 5.45. The molecule has 1 atom stereocenters. The number of hydrogen-bond acceptors (Lipinski definition) is 4. The van der Waals surface area contributed by atoms with E-state index in [4.69, 9.17) is 14.6 Å². The largest absolute Gasteiger partial charge is 0.494 e. The van der Waals surface area contributed by atoms with Gasteiger partial charge >= 0.3 is 7.12 Å². The molecule has 23 heavy (non-hydrogen) atoms. The summed E-state index contributed by atoms with van der Waals surface area (Å²) in [6, 6.07) is 11.1. The molecule has 1 unspecified atom stereocenters. The first kappa shape index (κ1) is 16.4. The number of rotatable bonds is 3. The summed E-state index contributed by atoms with van der Waals surface area (Å²) >= 11 is 0. The van der Waals surface area contributed by atoms with Gasteiger partial charge in [-0.15, -0.1) is 0 Å². The lowest BCUT2D eigenvalue weighted by molar-refractivity contribution is 0.00578. The van der Waals surface area contributed by atoms with Crippen LogP contribution < -0.4 is 10.4 Å². The van der Waals surface area contributed by atoms with Crippen molar-refractivity contribution in [3.05, 3.63) is 24.3 Å². The third kappa shape index (κ3) is 2.98. The van der Waals surface area contributed by atoms with Gasteiger partial charge in [0.2, 0.25) is 0 Å². The third-order valence-corrected chi connectivity index (χ3v) is 5.45. The second-order valence-corrected chi connectivity index (χ2v) is 7.53. The number of hydrogen-bond donors (Lipinski definition) is 0. The van der Waals surface area contributed by atoms with Gasteiger partial charge in [0.25, 0.3) is 0 Å². The highest BCUT2D eigenvalue weighted by molar-refractivity contribution is 6.62. The van der Waals surface area contributed by atoms with Gasteiger partial charge in [-0.1, -0.05) is 12.1 Å². The Hall–Kier alpha value is -1.51. The first-order valence-corrected chi connectivity index (χ1v) is 8.43. The first-order chi connectivity index (χ1) is 10.8. The van der Waals surface area contributed by atoms with Crippen LogP contribution in [0.15, 0.2) is 24.3 Å². The lowest BCUT2D eigenvalue weighted by atomic mass is 9.79. The second-order valence-electron chi connectivity index (χ2n) is 7.53. The van der Waals surface area contributed by atoms with E-state index in [1.54, 1.807) is 0 Å². The van der Waals surface area contributed by atoms with Crippen LogP contribution in [0.4, 0.5) is 5.69 Å². The van der Waals surface area contributed by atoms with Crippen molar-refractivity contribution in [2.45, 2.75) is 64.2 Å². The fourth-order valence-electron chi connectivity index (χ4n) is 3.30. The minimum absolute atomic E-state index is 0.316. The highest BCUT2D eigenvalue weighted by Gasteiger charge is 2.51. The normalized spacial score (nSPS) is 25.6. The molecule has 2 saturated heterocycles. The van der Waals surface area contributed by atoms with E-state index in [2.05, 4.69) is 62.9 Å².